The molecule has 0 radical (unpaired) electrons. The highest BCUT2D eigenvalue weighted by Gasteiger charge is 1.91. The predicted octanol–water partition coefficient (Wildman–Crippen LogP) is 0.274. The minimum absolute atomic E-state index is 0.0784. The average molecular weight is 169 g/mol. The van der Waals surface area contributed by atoms with Gasteiger partial charge in [-0.25, -0.2) is 0 Å². The van der Waals surface area contributed by atoms with Crippen molar-refractivity contribution in [1.82, 2.24) is 10.7 Å². The molecule has 0 spiro atoms. The van der Waals surface area contributed by atoms with Crippen LogP contribution in [0.4, 0.5) is 0 Å². The minimum atomic E-state index is -0.0784. The van der Waals surface area contributed by atoms with Crippen LogP contribution in [0.1, 0.15) is 13.8 Å². The Labute approximate surface area is 72.7 Å². The molecule has 0 heterocycles. The van der Waals surface area contributed by atoms with Crippen molar-refractivity contribution >= 4 is 12.1 Å². The first-order valence-corrected chi connectivity index (χ1v) is 3.80. The van der Waals surface area contributed by atoms with Gasteiger partial charge in [0.25, 0.3) is 0 Å². The molecule has 0 saturated heterocycles. The summed E-state index contributed by atoms with van der Waals surface area (Å²) in [5, 5.41) is 6.30. The zero-order chi connectivity index (χ0) is 9.40. The molecule has 4 heteroatoms. The Kier molecular flexibility index (Phi) is 5.69. The highest BCUT2D eigenvalue weighted by molar-refractivity contribution is 5.79. The second-order valence-electron chi connectivity index (χ2n) is 2.30. The van der Waals surface area contributed by atoms with Crippen LogP contribution in [-0.4, -0.2) is 25.7 Å². The Morgan fingerprint density at radius 1 is 1.58 bits per heavy atom. The molecule has 0 fully saturated rings. The van der Waals surface area contributed by atoms with Gasteiger partial charge in [-0.2, -0.15) is 5.10 Å². The van der Waals surface area contributed by atoms with E-state index in [-0.39, 0.29) is 12.5 Å². The molecule has 0 atom stereocenters. The summed E-state index contributed by atoms with van der Waals surface area (Å²) in [6.45, 7) is 4.08. The number of hydrazone groups is 1. The Morgan fingerprint density at radius 2 is 2.25 bits per heavy atom. The highest BCUT2D eigenvalue weighted by Crippen LogP contribution is 1.83. The lowest BCUT2D eigenvalue weighted by molar-refractivity contribution is -0.119. The van der Waals surface area contributed by atoms with Crippen LogP contribution in [-0.2, 0) is 4.79 Å². The summed E-state index contributed by atoms with van der Waals surface area (Å²) in [4.78, 5) is 10.7. The maximum Gasteiger partial charge on any atom is 0.240 e. The van der Waals surface area contributed by atoms with Crippen LogP contribution in [0, 0.1) is 0 Å². The van der Waals surface area contributed by atoms with E-state index in [4.69, 9.17) is 0 Å². The van der Waals surface area contributed by atoms with Crippen LogP contribution in [0.15, 0.2) is 16.8 Å². The molecule has 0 unspecified atom stereocenters. The van der Waals surface area contributed by atoms with E-state index >= 15 is 0 Å². The summed E-state index contributed by atoms with van der Waals surface area (Å²) in [6.07, 6.45) is 3.61. The summed E-state index contributed by atoms with van der Waals surface area (Å²) >= 11 is 0. The highest BCUT2D eigenvalue weighted by atomic mass is 16.1. The van der Waals surface area contributed by atoms with E-state index < -0.39 is 0 Å². The number of allylic oxidation sites excluding steroid dienone is 2. The van der Waals surface area contributed by atoms with E-state index in [1.807, 2.05) is 19.9 Å². The third-order valence-corrected chi connectivity index (χ3v) is 1.33. The largest absolute Gasteiger partial charge is 0.358 e. The number of nitrogens with zero attached hydrogens (tertiary/aromatic N) is 1. The fourth-order valence-electron chi connectivity index (χ4n) is 0.428. The molecule has 0 aliphatic rings. The van der Waals surface area contributed by atoms with Crippen molar-refractivity contribution in [2.45, 2.75) is 13.8 Å². The van der Waals surface area contributed by atoms with E-state index in [9.17, 15) is 4.79 Å². The van der Waals surface area contributed by atoms with Crippen LogP contribution in [0.3, 0.4) is 0 Å². The minimum Gasteiger partial charge on any atom is -0.358 e. The molecule has 0 aromatic heterocycles. The number of hydrogen-bond acceptors (Lipinski definition) is 3. The van der Waals surface area contributed by atoms with E-state index in [0.717, 1.165) is 5.57 Å². The zero-order valence-electron chi connectivity index (χ0n) is 7.72. The molecule has 0 aromatic rings. The number of nitrogens with one attached hydrogen (secondary N) is 2. The number of likely N-dealkylation sites (N-methyl/N-ethyl adjacent to an activating group) is 1. The fourth-order valence-corrected chi connectivity index (χ4v) is 0.428. The van der Waals surface area contributed by atoms with Crippen molar-refractivity contribution in [3.63, 3.8) is 0 Å². The smallest absolute Gasteiger partial charge is 0.240 e. The lowest BCUT2D eigenvalue weighted by atomic mass is 10.3. The maximum absolute atomic E-state index is 10.7. The number of amides is 1. The molecular formula is C8H15N3O. The summed E-state index contributed by atoms with van der Waals surface area (Å²) < 4.78 is 0. The van der Waals surface area contributed by atoms with Gasteiger partial charge in [-0.05, 0) is 19.4 Å². The van der Waals surface area contributed by atoms with Gasteiger partial charge < -0.3 is 10.7 Å². The van der Waals surface area contributed by atoms with Gasteiger partial charge in [-0.1, -0.05) is 6.08 Å². The first-order valence-electron chi connectivity index (χ1n) is 3.80. The Hall–Kier alpha value is -1.32. The number of carbonyl (C=O) groups excluding carboxylic acids is 1. The summed E-state index contributed by atoms with van der Waals surface area (Å²) in [5.74, 6) is -0.0784. The van der Waals surface area contributed by atoms with Gasteiger partial charge in [-0.15, -0.1) is 0 Å². The van der Waals surface area contributed by atoms with Gasteiger partial charge in [-0.3, -0.25) is 4.79 Å². The monoisotopic (exact) mass is 169 g/mol. The maximum atomic E-state index is 10.7. The van der Waals surface area contributed by atoms with Crippen molar-refractivity contribution in [2.24, 2.45) is 5.10 Å². The summed E-state index contributed by atoms with van der Waals surface area (Å²) in [5.41, 5.74) is 3.67. The molecular weight excluding hydrogens is 154 g/mol. The molecule has 2 N–H and O–H groups in total. The van der Waals surface area contributed by atoms with Crippen molar-refractivity contribution in [3.05, 3.63) is 11.6 Å². The first kappa shape index (κ1) is 10.7. The third kappa shape index (κ3) is 5.46. The molecule has 68 valence electrons. The average Bonchev–Trinajstić information content (AvgIpc) is 2.11. The molecule has 0 rings (SSSR count). The van der Waals surface area contributed by atoms with Gasteiger partial charge in [0.15, 0.2) is 0 Å². The number of hydrogen-bond donors (Lipinski definition) is 2. The first-order chi connectivity index (χ1) is 5.70. The van der Waals surface area contributed by atoms with Crippen molar-refractivity contribution in [3.8, 4) is 0 Å². The second-order valence-corrected chi connectivity index (χ2v) is 2.30. The number of rotatable bonds is 4. The van der Waals surface area contributed by atoms with Crippen LogP contribution in [0.2, 0.25) is 0 Å². The molecule has 0 aliphatic carbocycles. The second kappa shape index (κ2) is 6.39. The van der Waals surface area contributed by atoms with Crippen LogP contribution in [0.5, 0.6) is 0 Å². The molecule has 0 bridgehead atoms. The predicted molar refractivity (Wildman–Crippen MR) is 50.0 cm³/mol. The van der Waals surface area contributed by atoms with E-state index in [2.05, 4.69) is 15.8 Å². The van der Waals surface area contributed by atoms with E-state index in [1.165, 1.54) is 0 Å². The molecule has 0 aromatic carbocycles. The standard InChI is InChI=1S/C8H15N3O/c1-4-7(2)5-10-11-6-8(12)9-3/h4-5,11H,6H2,1-3H3,(H,9,12)/b7-4-,10-5-. The van der Waals surface area contributed by atoms with Crippen LogP contribution < -0.4 is 10.7 Å². The lowest BCUT2D eigenvalue weighted by Crippen LogP contribution is -2.28. The van der Waals surface area contributed by atoms with E-state index in [0.29, 0.717) is 0 Å². The molecule has 12 heavy (non-hydrogen) atoms. The third-order valence-electron chi connectivity index (χ3n) is 1.33. The zero-order valence-corrected chi connectivity index (χ0v) is 7.72. The quantitative estimate of drug-likeness (QED) is 0.469. The van der Waals surface area contributed by atoms with Gasteiger partial charge in [0.1, 0.15) is 6.54 Å². The van der Waals surface area contributed by atoms with Crippen molar-refractivity contribution in [2.75, 3.05) is 13.6 Å². The van der Waals surface area contributed by atoms with Crippen LogP contribution in [0.25, 0.3) is 0 Å². The fraction of sp³-hybridized carbons (Fsp3) is 0.500. The van der Waals surface area contributed by atoms with Gasteiger partial charge in [0.2, 0.25) is 5.91 Å². The van der Waals surface area contributed by atoms with Gasteiger partial charge in [0, 0.05) is 13.3 Å². The Bertz CT molecular complexity index is 196. The Morgan fingerprint density at radius 3 is 2.75 bits per heavy atom. The number of carbonyl (C=O) groups is 1. The molecule has 0 saturated carbocycles. The summed E-state index contributed by atoms with van der Waals surface area (Å²) in [7, 11) is 1.59. The van der Waals surface area contributed by atoms with Crippen LogP contribution >= 0.6 is 0 Å². The van der Waals surface area contributed by atoms with Crippen molar-refractivity contribution < 1.29 is 4.79 Å². The lowest BCUT2D eigenvalue weighted by Gasteiger charge is -1.97. The molecule has 1 amide bonds. The molecule has 4 nitrogen and oxygen atoms in total. The van der Waals surface area contributed by atoms with Gasteiger partial charge in [0.05, 0.1) is 0 Å². The summed E-state index contributed by atoms with van der Waals surface area (Å²) in [6, 6.07) is 0. The van der Waals surface area contributed by atoms with E-state index in [1.54, 1.807) is 13.3 Å². The Balaban J connectivity index is 3.56. The van der Waals surface area contributed by atoms with Gasteiger partial charge >= 0.3 is 0 Å². The van der Waals surface area contributed by atoms with Crippen molar-refractivity contribution in [1.29, 1.82) is 0 Å². The topological polar surface area (TPSA) is 53.5 Å². The SMILES string of the molecule is C/C=C(C)\C=N/NCC(=O)NC. The normalized spacial score (nSPS) is 11.8. The molecule has 0 aliphatic heterocycles.